The monoisotopic (exact) mass is 506 g/mol. The maximum Gasteiger partial charge on any atom is 0.350 e. The first-order valence-electron chi connectivity index (χ1n) is 11.0. The third-order valence-electron chi connectivity index (χ3n) is 5.79. The number of hydrogen-bond donors (Lipinski definition) is 1. The van der Waals surface area contributed by atoms with Gasteiger partial charge in [-0.25, -0.2) is 14.2 Å². The van der Waals surface area contributed by atoms with E-state index in [-0.39, 0.29) is 27.8 Å². The number of esters is 1. The number of amides is 1. The SMILES string of the molecule is C=CCOC(=O)c1sc(N2C(=O)C(=O)/C(=C(\O)c3ccc(C)c(F)c3)C2c2ccc(C)cc2)nc1C. The number of carbonyl (C=O) groups is 3. The van der Waals surface area contributed by atoms with Gasteiger partial charge in [0.2, 0.25) is 0 Å². The number of nitrogens with zero attached hydrogens (tertiary/aromatic N) is 2. The van der Waals surface area contributed by atoms with Gasteiger partial charge in [-0.2, -0.15) is 0 Å². The zero-order valence-corrected chi connectivity index (χ0v) is 20.7. The summed E-state index contributed by atoms with van der Waals surface area (Å²) in [4.78, 5) is 44.7. The molecule has 4 rings (SSSR count). The highest BCUT2D eigenvalue weighted by atomic mass is 32.1. The van der Waals surface area contributed by atoms with E-state index in [1.807, 2.05) is 19.1 Å². The molecule has 2 aromatic carbocycles. The molecule has 36 heavy (non-hydrogen) atoms. The molecule has 1 aromatic heterocycles. The Morgan fingerprint density at radius 2 is 1.89 bits per heavy atom. The third-order valence-corrected chi connectivity index (χ3v) is 6.93. The summed E-state index contributed by atoms with van der Waals surface area (Å²) < 4.78 is 19.4. The molecule has 0 radical (unpaired) electrons. The minimum atomic E-state index is -1.04. The maximum atomic E-state index is 14.3. The van der Waals surface area contributed by atoms with Crippen molar-refractivity contribution in [3.63, 3.8) is 0 Å². The fourth-order valence-corrected chi connectivity index (χ4v) is 4.85. The van der Waals surface area contributed by atoms with Crippen molar-refractivity contribution < 1.29 is 28.6 Å². The fraction of sp³-hybridized carbons (Fsp3) is 0.185. The van der Waals surface area contributed by atoms with E-state index < -0.39 is 35.3 Å². The van der Waals surface area contributed by atoms with Gasteiger partial charge in [0.1, 0.15) is 23.1 Å². The van der Waals surface area contributed by atoms with Gasteiger partial charge in [-0.1, -0.05) is 66.0 Å². The average molecular weight is 507 g/mol. The van der Waals surface area contributed by atoms with Crippen LogP contribution in [0.4, 0.5) is 9.52 Å². The molecule has 1 fully saturated rings. The van der Waals surface area contributed by atoms with Gasteiger partial charge < -0.3 is 9.84 Å². The number of Topliss-reactive ketones (excluding diaryl/α,β-unsaturated/α-hetero) is 1. The first-order chi connectivity index (χ1) is 17.1. The highest BCUT2D eigenvalue weighted by Gasteiger charge is 2.48. The number of anilines is 1. The predicted octanol–water partition coefficient (Wildman–Crippen LogP) is 5.18. The summed E-state index contributed by atoms with van der Waals surface area (Å²) in [6.07, 6.45) is 1.43. The van der Waals surface area contributed by atoms with Gasteiger partial charge in [0.05, 0.1) is 17.3 Å². The number of benzene rings is 2. The molecule has 1 atom stereocenters. The quantitative estimate of drug-likeness (QED) is 0.163. The van der Waals surface area contributed by atoms with Crippen LogP contribution in [0.5, 0.6) is 0 Å². The Hall–Kier alpha value is -4.11. The minimum Gasteiger partial charge on any atom is -0.507 e. The molecule has 2 heterocycles. The summed E-state index contributed by atoms with van der Waals surface area (Å²) in [7, 11) is 0. The number of rotatable bonds is 6. The molecule has 0 spiro atoms. The molecular weight excluding hydrogens is 483 g/mol. The summed E-state index contributed by atoms with van der Waals surface area (Å²) >= 11 is 0.905. The van der Waals surface area contributed by atoms with E-state index >= 15 is 0 Å². The van der Waals surface area contributed by atoms with Crippen molar-refractivity contribution in [3.05, 3.63) is 99.3 Å². The van der Waals surface area contributed by atoms with Crippen LogP contribution in [-0.4, -0.2) is 34.4 Å². The van der Waals surface area contributed by atoms with Crippen LogP contribution >= 0.6 is 11.3 Å². The minimum absolute atomic E-state index is 0.00645. The summed E-state index contributed by atoms with van der Waals surface area (Å²) in [5.74, 6) is -3.55. The normalized spacial score (nSPS) is 16.9. The van der Waals surface area contributed by atoms with Gasteiger partial charge in [-0.3, -0.25) is 14.5 Å². The van der Waals surface area contributed by atoms with Crippen molar-refractivity contribution in [3.8, 4) is 0 Å². The molecule has 1 unspecified atom stereocenters. The molecular formula is C27H23FN2O5S. The number of ketones is 1. The van der Waals surface area contributed by atoms with Crippen LogP contribution in [0.1, 0.15) is 43.7 Å². The van der Waals surface area contributed by atoms with E-state index in [0.29, 0.717) is 16.8 Å². The van der Waals surface area contributed by atoms with E-state index in [0.717, 1.165) is 27.9 Å². The van der Waals surface area contributed by atoms with E-state index in [2.05, 4.69) is 11.6 Å². The lowest BCUT2D eigenvalue weighted by Crippen LogP contribution is -2.29. The number of carbonyl (C=O) groups excluding carboxylic acids is 3. The number of ether oxygens (including phenoxy) is 1. The zero-order chi connectivity index (χ0) is 26.1. The second kappa shape index (κ2) is 9.87. The highest BCUT2D eigenvalue weighted by molar-refractivity contribution is 7.17. The smallest absolute Gasteiger partial charge is 0.350 e. The number of aliphatic hydroxyl groups excluding tert-OH is 1. The van der Waals surface area contributed by atoms with Gasteiger partial charge >= 0.3 is 11.9 Å². The lowest BCUT2D eigenvalue weighted by molar-refractivity contribution is -0.132. The van der Waals surface area contributed by atoms with Gasteiger partial charge in [0, 0.05) is 5.56 Å². The molecule has 0 saturated carbocycles. The average Bonchev–Trinajstić information content (AvgIpc) is 3.36. The molecule has 1 aliphatic rings. The van der Waals surface area contributed by atoms with Crippen LogP contribution in [0, 0.1) is 26.6 Å². The van der Waals surface area contributed by atoms with Crippen molar-refractivity contribution in [1.82, 2.24) is 4.98 Å². The standard InChI is InChI=1S/C27H23FN2O5S/c1-5-12-35-26(34)24-16(4)29-27(36-24)30-21(17-9-6-14(2)7-10-17)20(23(32)25(30)33)22(31)18-11-8-15(3)19(28)13-18/h5-11,13,21,31H,1,12H2,2-4H3/b22-20-. The van der Waals surface area contributed by atoms with E-state index in [1.165, 1.54) is 18.2 Å². The highest BCUT2D eigenvalue weighted by Crippen LogP contribution is 2.44. The Kier molecular flexibility index (Phi) is 6.85. The predicted molar refractivity (Wildman–Crippen MR) is 134 cm³/mol. The van der Waals surface area contributed by atoms with Gasteiger partial charge in [-0.15, -0.1) is 0 Å². The Morgan fingerprint density at radius 1 is 1.19 bits per heavy atom. The van der Waals surface area contributed by atoms with E-state index in [4.69, 9.17) is 4.74 Å². The van der Waals surface area contributed by atoms with Crippen molar-refractivity contribution in [1.29, 1.82) is 0 Å². The summed E-state index contributed by atoms with van der Waals surface area (Å²) in [5, 5.41) is 11.2. The molecule has 184 valence electrons. The molecule has 1 N–H and O–H groups in total. The zero-order valence-electron chi connectivity index (χ0n) is 19.9. The second-order valence-electron chi connectivity index (χ2n) is 8.34. The first-order valence-corrected chi connectivity index (χ1v) is 11.8. The lowest BCUT2D eigenvalue weighted by atomic mass is 9.94. The van der Waals surface area contributed by atoms with Crippen LogP contribution in [0.15, 0.2) is 60.7 Å². The molecule has 1 saturated heterocycles. The number of aromatic nitrogens is 1. The summed E-state index contributed by atoms with van der Waals surface area (Å²) in [6.45, 7) is 8.58. The third kappa shape index (κ3) is 4.45. The van der Waals surface area contributed by atoms with Crippen molar-refractivity contribution in [2.75, 3.05) is 11.5 Å². The van der Waals surface area contributed by atoms with Crippen LogP contribution in [0.2, 0.25) is 0 Å². The van der Waals surface area contributed by atoms with Crippen molar-refractivity contribution in [2.45, 2.75) is 26.8 Å². The van der Waals surface area contributed by atoms with Crippen molar-refractivity contribution in [2.24, 2.45) is 0 Å². The summed E-state index contributed by atoms with van der Waals surface area (Å²) in [6, 6.07) is 10.1. The van der Waals surface area contributed by atoms with Gasteiger partial charge in [-0.05, 0) is 38.0 Å². The number of thiazole rings is 1. The largest absolute Gasteiger partial charge is 0.507 e. The van der Waals surface area contributed by atoms with Crippen LogP contribution in [0.3, 0.4) is 0 Å². The molecule has 1 amide bonds. The van der Waals surface area contributed by atoms with Crippen LogP contribution in [0.25, 0.3) is 5.76 Å². The number of aryl methyl sites for hydroxylation is 3. The fourth-order valence-electron chi connectivity index (χ4n) is 3.86. The number of halogens is 1. The van der Waals surface area contributed by atoms with E-state index in [9.17, 15) is 23.9 Å². The van der Waals surface area contributed by atoms with Crippen LogP contribution < -0.4 is 4.90 Å². The molecule has 0 aliphatic carbocycles. The molecule has 0 bridgehead atoms. The Bertz CT molecular complexity index is 1420. The van der Waals surface area contributed by atoms with Gasteiger partial charge in [0.15, 0.2) is 5.13 Å². The number of hydrogen-bond acceptors (Lipinski definition) is 7. The molecule has 1 aliphatic heterocycles. The van der Waals surface area contributed by atoms with Gasteiger partial charge in [0.25, 0.3) is 5.78 Å². The van der Waals surface area contributed by atoms with E-state index in [1.54, 1.807) is 26.0 Å². The van der Waals surface area contributed by atoms with Crippen molar-refractivity contribution >= 4 is 39.9 Å². The molecule has 7 nitrogen and oxygen atoms in total. The Labute approximate surface area is 211 Å². The topological polar surface area (TPSA) is 96.8 Å². The Morgan fingerprint density at radius 3 is 2.53 bits per heavy atom. The second-order valence-corrected chi connectivity index (χ2v) is 9.32. The molecule has 3 aromatic rings. The molecule has 9 heteroatoms. The Balaban J connectivity index is 1.89. The summed E-state index contributed by atoms with van der Waals surface area (Å²) in [5.41, 5.74) is 2.06. The number of aliphatic hydroxyl groups is 1. The first kappa shape index (κ1) is 25.0. The lowest BCUT2D eigenvalue weighted by Gasteiger charge is -2.23. The van der Waals surface area contributed by atoms with Crippen LogP contribution in [-0.2, 0) is 14.3 Å². The maximum absolute atomic E-state index is 14.3.